The monoisotopic (exact) mass is 221 g/mol. The molecule has 0 aliphatic heterocycles. The summed E-state index contributed by atoms with van der Waals surface area (Å²) in [7, 11) is 1.86. The van der Waals surface area contributed by atoms with Crippen molar-refractivity contribution in [3.63, 3.8) is 0 Å². The molecule has 3 nitrogen and oxygen atoms in total. The van der Waals surface area contributed by atoms with E-state index in [-0.39, 0.29) is 0 Å². The Morgan fingerprint density at radius 3 is 3.07 bits per heavy atom. The number of hydrogen-bond donors (Lipinski definition) is 1. The van der Waals surface area contributed by atoms with Crippen LogP contribution in [0.15, 0.2) is 36.7 Å². The standard InChI is InChI=1S/C11H12ClN3/c1-13-11-14-5-6-15(11)8-9-3-2-4-10(12)7-9/h2-7H,8H2,1H3,(H,13,14). The van der Waals surface area contributed by atoms with E-state index < -0.39 is 0 Å². The van der Waals surface area contributed by atoms with Gasteiger partial charge in [0.25, 0.3) is 0 Å². The maximum Gasteiger partial charge on any atom is 0.202 e. The molecule has 0 unspecified atom stereocenters. The fourth-order valence-corrected chi connectivity index (χ4v) is 1.71. The highest BCUT2D eigenvalue weighted by molar-refractivity contribution is 6.30. The van der Waals surface area contributed by atoms with Gasteiger partial charge in [-0.25, -0.2) is 4.98 Å². The Morgan fingerprint density at radius 1 is 1.47 bits per heavy atom. The number of hydrogen-bond acceptors (Lipinski definition) is 2. The molecule has 1 N–H and O–H groups in total. The third-order valence-electron chi connectivity index (χ3n) is 2.18. The lowest BCUT2D eigenvalue weighted by Crippen LogP contribution is -2.03. The van der Waals surface area contributed by atoms with Crippen LogP contribution >= 0.6 is 11.6 Å². The van der Waals surface area contributed by atoms with Gasteiger partial charge in [0.1, 0.15) is 0 Å². The van der Waals surface area contributed by atoms with Gasteiger partial charge in [0, 0.05) is 24.5 Å². The zero-order valence-electron chi connectivity index (χ0n) is 8.44. The maximum atomic E-state index is 5.92. The summed E-state index contributed by atoms with van der Waals surface area (Å²) in [5.74, 6) is 0.856. The van der Waals surface area contributed by atoms with Crippen LogP contribution in [-0.4, -0.2) is 16.6 Å². The molecule has 0 spiro atoms. The van der Waals surface area contributed by atoms with Gasteiger partial charge >= 0.3 is 0 Å². The topological polar surface area (TPSA) is 29.9 Å². The minimum atomic E-state index is 0.763. The summed E-state index contributed by atoms with van der Waals surface area (Å²) in [6.07, 6.45) is 3.71. The number of benzene rings is 1. The van der Waals surface area contributed by atoms with Gasteiger partial charge in [0.15, 0.2) is 0 Å². The lowest BCUT2D eigenvalue weighted by molar-refractivity contribution is 0.805. The summed E-state index contributed by atoms with van der Waals surface area (Å²) in [6.45, 7) is 0.775. The average molecular weight is 222 g/mol. The summed E-state index contributed by atoms with van der Waals surface area (Å²) in [5.41, 5.74) is 1.16. The summed E-state index contributed by atoms with van der Waals surface area (Å²) in [6, 6.07) is 7.83. The quantitative estimate of drug-likeness (QED) is 0.864. The first-order chi connectivity index (χ1) is 7.29. The van der Waals surface area contributed by atoms with Crippen molar-refractivity contribution >= 4 is 17.5 Å². The van der Waals surface area contributed by atoms with Gasteiger partial charge in [0.05, 0.1) is 6.54 Å². The van der Waals surface area contributed by atoms with E-state index in [0.29, 0.717) is 0 Å². The molecule has 0 bridgehead atoms. The summed E-state index contributed by atoms with van der Waals surface area (Å²) in [5, 5.41) is 3.79. The summed E-state index contributed by atoms with van der Waals surface area (Å²) < 4.78 is 2.03. The Kier molecular flexibility index (Phi) is 2.92. The highest BCUT2D eigenvalue weighted by Gasteiger charge is 2.01. The van der Waals surface area contributed by atoms with Crippen molar-refractivity contribution in [3.8, 4) is 0 Å². The molecule has 0 radical (unpaired) electrons. The predicted molar refractivity (Wildman–Crippen MR) is 62.3 cm³/mol. The van der Waals surface area contributed by atoms with Crippen LogP contribution < -0.4 is 5.32 Å². The van der Waals surface area contributed by atoms with E-state index in [2.05, 4.69) is 10.3 Å². The van der Waals surface area contributed by atoms with E-state index in [1.807, 2.05) is 42.1 Å². The number of nitrogens with one attached hydrogen (secondary N) is 1. The van der Waals surface area contributed by atoms with Crippen molar-refractivity contribution in [2.24, 2.45) is 0 Å². The van der Waals surface area contributed by atoms with Crippen LogP contribution in [0.4, 0.5) is 5.95 Å². The van der Waals surface area contributed by atoms with Gasteiger partial charge in [-0.15, -0.1) is 0 Å². The van der Waals surface area contributed by atoms with Crippen LogP contribution in [0.1, 0.15) is 5.56 Å². The SMILES string of the molecule is CNc1nccn1Cc1cccc(Cl)c1. The molecule has 0 saturated heterocycles. The smallest absolute Gasteiger partial charge is 0.202 e. The first kappa shape index (κ1) is 10.1. The third-order valence-corrected chi connectivity index (χ3v) is 2.42. The highest BCUT2D eigenvalue weighted by Crippen LogP contribution is 2.13. The largest absolute Gasteiger partial charge is 0.359 e. The number of aromatic nitrogens is 2. The van der Waals surface area contributed by atoms with Crippen LogP contribution in [-0.2, 0) is 6.54 Å². The molecular weight excluding hydrogens is 210 g/mol. The van der Waals surface area contributed by atoms with Crippen molar-refractivity contribution in [3.05, 3.63) is 47.2 Å². The molecule has 0 atom stereocenters. The van der Waals surface area contributed by atoms with E-state index in [9.17, 15) is 0 Å². The van der Waals surface area contributed by atoms with Gasteiger partial charge in [-0.05, 0) is 17.7 Å². The zero-order chi connectivity index (χ0) is 10.7. The Labute approximate surface area is 93.7 Å². The minimum absolute atomic E-state index is 0.763. The molecule has 0 saturated carbocycles. The van der Waals surface area contributed by atoms with Crippen LogP contribution in [0.5, 0.6) is 0 Å². The van der Waals surface area contributed by atoms with Gasteiger partial charge < -0.3 is 9.88 Å². The molecule has 4 heteroatoms. The summed E-state index contributed by atoms with van der Waals surface area (Å²) in [4.78, 5) is 4.17. The van der Waals surface area contributed by atoms with E-state index in [0.717, 1.165) is 23.1 Å². The van der Waals surface area contributed by atoms with Crippen molar-refractivity contribution in [2.45, 2.75) is 6.54 Å². The second-order valence-electron chi connectivity index (χ2n) is 3.26. The van der Waals surface area contributed by atoms with Crippen molar-refractivity contribution in [1.82, 2.24) is 9.55 Å². The number of nitrogens with zero attached hydrogens (tertiary/aromatic N) is 2. The molecule has 1 heterocycles. The van der Waals surface area contributed by atoms with Gasteiger partial charge in [0.2, 0.25) is 5.95 Å². The van der Waals surface area contributed by atoms with E-state index in [4.69, 9.17) is 11.6 Å². The van der Waals surface area contributed by atoms with Crippen molar-refractivity contribution in [1.29, 1.82) is 0 Å². The maximum absolute atomic E-state index is 5.92. The van der Waals surface area contributed by atoms with E-state index in [1.54, 1.807) is 6.20 Å². The number of rotatable bonds is 3. The first-order valence-corrected chi connectivity index (χ1v) is 5.11. The van der Waals surface area contributed by atoms with Gasteiger partial charge in [-0.3, -0.25) is 0 Å². The molecule has 1 aromatic carbocycles. The lowest BCUT2D eigenvalue weighted by Gasteiger charge is -2.07. The second-order valence-corrected chi connectivity index (χ2v) is 3.70. The molecule has 1 aromatic heterocycles. The molecule has 0 amide bonds. The molecule has 15 heavy (non-hydrogen) atoms. The van der Waals surface area contributed by atoms with E-state index in [1.165, 1.54) is 0 Å². The first-order valence-electron chi connectivity index (χ1n) is 4.73. The Bertz CT molecular complexity index is 451. The van der Waals surface area contributed by atoms with Crippen LogP contribution in [0.25, 0.3) is 0 Å². The lowest BCUT2D eigenvalue weighted by atomic mass is 10.2. The van der Waals surface area contributed by atoms with Crippen LogP contribution in [0, 0.1) is 0 Å². The molecule has 0 aliphatic carbocycles. The Morgan fingerprint density at radius 2 is 2.33 bits per heavy atom. The third kappa shape index (κ3) is 2.30. The fourth-order valence-electron chi connectivity index (χ4n) is 1.50. The van der Waals surface area contributed by atoms with Gasteiger partial charge in [-0.1, -0.05) is 23.7 Å². The fraction of sp³-hybridized carbons (Fsp3) is 0.182. The Balaban J connectivity index is 2.22. The molecule has 0 aliphatic rings. The second kappa shape index (κ2) is 4.36. The number of halogens is 1. The minimum Gasteiger partial charge on any atom is -0.359 e. The van der Waals surface area contributed by atoms with Crippen LogP contribution in [0.2, 0.25) is 5.02 Å². The molecule has 78 valence electrons. The number of imidazole rings is 1. The molecule has 0 fully saturated rings. The van der Waals surface area contributed by atoms with E-state index >= 15 is 0 Å². The highest BCUT2D eigenvalue weighted by atomic mass is 35.5. The molecule has 2 rings (SSSR count). The normalized spacial score (nSPS) is 10.3. The van der Waals surface area contributed by atoms with Crippen molar-refractivity contribution in [2.75, 3.05) is 12.4 Å². The average Bonchev–Trinajstić information content (AvgIpc) is 2.65. The zero-order valence-corrected chi connectivity index (χ0v) is 9.20. The number of anilines is 1. The molecule has 2 aromatic rings. The van der Waals surface area contributed by atoms with Crippen LogP contribution in [0.3, 0.4) is 0 Å². The molecular formula is C11H12ClN3. The summed E-state index contributed by atoms with van der Waals surface area (Å²) >= 11 is 5.92. The van der Waals surface area contributed by atoms with Crippen molar-refractivity contribution < 1.29 is 0 Å². The Hall–Kier alpha value is -1.48. The predicted octanol–water partition coefficient (Wildman–Crippen LogP) is 2.63. The van der Waals surface area contributed by atoms with Gasteiger partial charge in [-0.2, -0.15) is 0 Å².